The van der Waals surface area contributed by atoms with Crippen LogP contribution in [0.4, 0.5) is 105 Å². The number of nitrogens with zero attached hydrogens (tertiary/aromatic N) is 3. The predicted molar refractivity (Wildman–Crippen MR) is 255 cm³/mol. The second-order valence-corrected chi connectivity index (χ2v) is 21.3. The first-order valence-corrected chi connectivity index (χ1v) is 25.4. The average Bonchev–Trinajstić information content (AvgIpc) is 1.49. The van der Waals surface area contributed by atoms with E-state index in [0.717, 1.165) is 20.0 Å². The van der Waals surface area contributed by atoms with E-state index in [-0.39, 0.29) is 27.4 Å². The normalized spacial score (nSPS) is 19.1. The molecule has 0 N–H and O–H groups in total. The second kappa shape index (κ2) is 25.6. The first-order chi connectivity index (χ1) is 37.1. The van der Waals surface area contributed by atoms with E-state index >= 15 is 0 Å². The van der Waals surface area contributed by atoms with Crippen LogP contribution in [0.1, 0.15) is 70.2 Å². The quantitative estimate of drug-likeness (QED) is 0.0986. The molecule has 3 aliphatic rings. The van der Waals surface area contributed by atoms with Crippen molar-refractivity contribution in [3.8, 4) is 0 Å². The van der Waals surface area contributed by atoms with Crippen molar-refractivity contribution in [2.75, 3.05) is 39.6 Å². The minimum atomic E-state index is -6.13. The number of benzene rings is 5. The van der Waals surface area contributed by atoms with Crippen LogP contribution in [0.3, 0.4) is 0 Å². The number of alkyl halides is 24. The molecule has 2 saturated heterocycles. The van der Waals surface area contributed by atoms with Crippen molar-refractivity contribution in [3.05, 3.63) is 173 Å². The summed E-state index contributed by atoms with van der Waals surface area (Å²) < 4.78 is 341. The van der Waals surface area contributed by atoms with Gasteiger partial charge >= 0.3 is 49.4 Å². The first kappa shape index (κ1) is 68.2. The molecule has 5 aromatic carbocycles. The minimum absolute atomic E-state index is 0. The van der Waals surface area contributed by atoms with E-state index < -0.39 is 195 Å². The van der Waals surface area contributed by atoms with Crippen molar-refractivity contribution in [1.82, 2.24) is 14.7 Å². The van der Waals surface area contributed by atoms with E-state index in [4.69, 9.17) is 0 Å². The zero-order valence-corrected chi connectivity index (χ0v) is 44.3. The van der Waals surface area contributed by atoms with Gasteiger partial charge in [0.25, 0.3) is 0 Å². The topological polar surface area (TPSA) is 9.72 Å². The van der Waals surface area contributed by atoms with Gasteiger partial charge < -0.3 is 0 Å². The van der Waals surface area contributed by atoms with Crippen molar-refractivity contribution in [2.24, 2.45) is 0 Å². The summed E-state index contributed by atoms with van der Waals surface area (Å²) in [5.41, 5.74) is -30.2. The molecule has 3 fully saturated rings. The third kappa shape index (κ3) is 17.3. The zero-order chi connectivity index (χ0) is 60.5. The predicted octanol–water partition coefficient (Wildman–Crippen LogP) is 14.7. The van der Waals surface area contributed by atoms with Gasteiger partial charge in [0.05, 0.1) is 64.5 Å². The molecule has 5 radical (unpaired) electrons. The number of halogens is 24. The van der Waals surface area contributed by atoms with Crippen molar-refractivity contribution < 1.29 is 125 Å². The maximum Gasteiger partial charge on any atom is 0.416 e. The molecule has 0 spiro atoms. The Morgan fingerprint density at radius 3 is 0.756 bits per heavy atom. The number of hydrogen-bond donors (Lipinski definition) is 0. The molecule has 0 amide bonds. The van der Waals surface area contributed by atoms with Gasteiger partial charge in [-0.15, -0.1) is 0 Å². The van der Waals surface area contributed by atoms with Crippen molar-refractivity contribution in [3.63, 3.8) is 0 Å². The summed E-state index contributed by atoms with van der Waals surface area (Å²) in [5.74, 6) is 0. The Bertz CT molecular complexity index is 2450. The van der Waals surface area contributed by atoms with Crippen LogP contribution < -0.4 is 27.2 Å². The Kier molecular flexibility index (Phi) is 21.3. The summed E-state index contributed by atoms with van der Waals surface area (Å²) >= 11 is 0. The second-order valence-electron chi connectivity index (χ2n) is 19.1. The Morgan fingerprint density at radius 2 is 0.549 bits per heavy atom. The number of fused-ring (bicyclic) bond motifs is 2. The number of rotatable bonds is 5. The molecule has 1 saturated carbocycles. The van der Waals surface area contributed by atoms with Crippen LogP contribution in [0.5, 0.6) is 0 Å². The molecular formula is C52H42BF24N3PRh-. The van der Waals surface area contributed by atoms with Crippen molar-refractivity contribution in [2.45, 2.75) is 75.1 Å². The van der Waals surface area contributed by atoms with Gasteiger partial charge in [0, 0.05) is 32.0 Å². The molecule has 30 heteroatoms. The average molecular weight is 1310 g/mol. The van der Waals surface area contributed by atoms with E-state index in [9.17, 15) is 105 Å². The molecular weight excluding hydrogens is 1270 g/mol. The van der Waals surface area contributed by atoms with Gasteiger partial charge in [-0.1, -0.05) is 78.9 Å². The summed E-state index contributed by atoms with van der Waals surface area (Å²) in [7, 11) is 2.21. The fraction of sp³-hybridized carbons (Fsp3) is 0.346. The Balaban J connectivity index is 0.000000399. The van der Waals surface area contributed by atoms with E-state index in [1.165, 1.54) is 38.3 Å². The molecule has 2 atom stereocenters. The van der Waals surface area contributed by atoms with Crippen LogP contribution in [0.25, 0.3) is 0 Å². The molecule has 0 aromatic heterocycles. The van der Waals surface area contributed by atoms with E-state index in [2.05, 4.69) is 77.8 Å². The standard InChI is InChI=1S/C32H12BF24.C12H18N3P.C8H12.Rh/c34-25(35,36)13-1-14(26(37,38)39)6-21(5-13)33(22-7-15(27(40,41)42)2-16(8-22)28(43,44)45,23-9-17(29(46,47)48)3-18(10-23)30(49,50)51)24-11-19(31(52,53)54)4-20(12-24)32(55,56)57;1-13-7-14-9-15(8-13)11-16(10-14)12-5-3-2-4-6-12;1-2-4-6-8-7-5-3-1;/h1-12H;2-6H,7-11H2,1H3;1-2,7-8H,3-6H2;/q-1;;;. The largest absolute Gasteiger partial charge is 0.416 e. The maximum atomic E-state index is 14.2. The number of hydrogen-bond acceptors (Lipinski definition) is 3. The fourth-order valence-corrected chi connectivity index (χ4v) is 11.9. The molecule has 2 bridgehead atoms. The molecule has 5 aromatic rings. The minimum Gasteiger partial charge on any atom is -0.280 e. The van der Waals surface area contributed by atoms with Crippen LogP contribution in [-0.2, 0) is 68.9 Å². The summed E-state index contributed by atoms with van der Waals surface area (Å²) in [6.45, 7) is 3.42. The SMILES string of the molecule is CN1CN2CN(C1)CP(c1ccccc1)C2.FC(F)(F)c1cc([B-](c2cc(C(F)(F)F)cc(C(F)(F)F)c2)(c2cc(C(F)(F)F)cc(C(F)(F)F)c2)c2cc(C(F)(F)F)cc(C(F)(F)F)c2)cc(C(F)(F)F)c1.[CH]1[CH]CC[CH][CH]CC1.[Rh]. The van der Waals surface area contributed by atoms with E-state index in [1.807, 2.05) is 0 Å². The molecule has 82 heavy (non-hydrogen) atoms. The molecule has 3 nitrogen and oxygen atoms in total. The van der Waals surface area contributed by atoms with E-state index in [0.29, 0.717) is 0 Å². The third-order valence-electron chi connectivity index (χ3n) is 12.9. The summed E-state index contributed by atoms with van der Waals surface area (Å²) in [6.07, 6.45) is -38.3. The van der Waals surface area contributed by atoms with Gasteiger partial charge in [-0.05, 0) is 95.9 Å². The van der Waals surface area contributed by atoms with Gasteiger partial charge in [0.2, 0.25) is 0 Å². The van der Waals surface area contributed by atoms with E-state index in [1.54, 1.807) is 5.30 Å². The van der Waals surface area contributed by atoms with Crippen LogP contribution in [-0.4, -0.2) is 60.5 Å². The van der Waals surface area contributed by atoms with Gasteiger partial charge in [-0.3, -0.25) is 14.7 Å². The Morgan fingerprint density at radius 1 is 0.329 bits per heavy atom. The van der Waals surface area contributed by atoms with Gasteiger partial charge in [-0.25, -0.2) is 0 Å². The molecule has 1 aliphatic carbocycles. The van der Waals surface area contributed by atoms with Gasteiger partial charge in [-0.2, -0.15) is 127 Å². The third-order valence-corrected chi connectivity index (χ3v) is 15.4. The molecule has 2 aliphatic heterocycles. The Hall–Kier alpha value is -4.58. The first-order valence-electron chi connectivity index (χ1n) is 23.7. The fourth-order valence-electron chi connectivity index (χ4n) is 9.54. The van der Waals surface area contributed by atoms with Gasteiger partial charge in [0.1, 0.15) is 6.15 Å². The Labute approximate surface area is 467 Å². The molecule has 8 rings (SSSR count). The van der Waals surface area contributed by atoms with Crippen LogP contribution in [0, 0.1) is 25.7 Å². The molecule has 451 valence electrons. The van der Waals surface area contributed by atoms with Crippen LogP contribution in [0.2, 0.25) is 0 Å². The zero-order valence-electron chi connectivity index (χ0n) is 41.8. The maximum absolute atomic E-state index is 14.2. The summed E-state index contributed by atoms with van der Waals surface area (Å²) in [6, 6.07) is 2.21. The molecule has 2 heterocycles. The summed E-state index contributed by atoms with van der Waals surface area (Å²) in [4.78, 5) is 7.51. The van der Waals surface area contributed by atoms with Crippen LogP contribution in [0.15, 0.2) is 103 Å². The molecule has 2 unspecified atom stereocenters. The van der Waals surface area contributed by atoms with Gasteiger partial charge in [0.15, 0.2) is 0 Å². The van der Waals surface area contributed by atoms with Crippen LogP contribution >= 0.6 is 7.92 Å². The smallest absolute Gasteiger partial charge is 0.280 e. The summed E-state index contributed by atoms with van der Waals surface area (Å²) in [5, 5.41) is 1.55. The van der Waals surface area contributed by atoms with Crippen molar-refractivity contribution in [1.29, 1.82) is 0 Å². The monoisotopic (exact) mass is 1310 g/mol. The van der Waals surface area contributed by atoms with Crippen molar-refractivity contribution >= 4 is 41.2 Å².